The molecule has 146 valence electrons. The molecule has 0 aliphatic heterocycles. The monoisotopic (exact) mass is 438 g/mol. The molecule has 1 atom stereocenters. The Morgan fingerprint density at radius 1 is 1.29 bits per heavy atom. The van der Waals surface area contributed by atoms with Crippen molar-refractivity contribution in [1.82, 2.24) is 9.97 Å². The average molecular weight is 439 g/mol. The van der Waals surface area contributed by atoms with Gasteiger partial charge in [0.2, 0.25) is 0 Å². The molecule has 3 aromatic rings. The van der Waals surface area contributed by atoms with Crippen molar-refractivity contribution < 1.29 is 12.8 Å². The summed E-state index contributed by atoms with van der Waals surface area (Å²) in [6.45, 7) is 0. The number of nitrogens with one attached hydrogen (secondary N) is 2. The van der Waals surface area contributed by atoms with Crippen molar-refractivity contribution in [3.63, 3.8) is 0 Å². The summed E-state index contributed by atoms with van der Waals surface area (Å²) in [5.41, 5.74) is 2.59. The molecular weight excluding hydrogens is 423 g/mol. The summed E-state index contributed by atoms with van der Waals surface area (Å²) in [7, 11) is -4.13. The third-order valence-corrected chi connectivity index (χ3v) is 7.03. The van der Waals surface area contributed by atoms with Crippen LogP contribution in [0.1, 0.15) is 30.0 Å². The Balaban J connectivity index is 1.62. The summed E-state index contributed by atoms with van der Waals surface area (Å²) in [4.78, 5) is 7.48. The maximum absolute atomic E-state index is 14.7. The molecule has 10 heteroatoms. The maximum atomic E-state index is 14.7. The summed E-state index contributed by atoms with van der Waals surface area (Å²) in [5.74, 6) is -0.887. The lowest BCUT2D eigenvalue weighted by Crippen LogP contribution is -2.18. The molecule has 0 radical (unpaired) electrons. The molecule has 0 spiro atoms. The number of anilines is 2. The number of benzene rings is 1. The number of hydrogen-bond donors (Lipinski definition) is 2. The molecule has 1 aliphatic carbocycles. The molecule has 28 heavy (non-hydrogen) atoms. The number of nitrogens with zero attached hydrogens (tertiary/aromatic N) is 2. The molecule has 4 rings (SSSR count). The third-order valence-electron chi connectivity index (χ3n) is 4.55. The SMILES string of the molecule is O=S(=O)(Nc1nccs1)c1cc(Cl)c(NC2CCCc3cnccc32)cc1F. The van der Waals surface area contributed by atoms with E-state index in [2.05, 4.69) is 20.0 Å². The third kappa shape index (κ3) is 3.82. The van der Waals surface area contributed by atoms with E-state index in [1.807, 2.05) is 12.3 Å². The van der Waals surface area contributed by atoms with Crippen LogP contribution in [-0.4, -0.2) is 18.4 Å². The van der Waals surface area contributed by atoms with E-state index in [0.717, 1.165) is 53.9 Å². The first-order valence-corrected chi connectivity index (χ1v) is 11.3. The van der Waals surface area contributed by atoms with Gasteiger partial charge in [-0.1, -0.05) is 11.6 Å². The molecule has 6 nitrogen and oxygen atoms in total. The molecule has 2 aromatic heterocycles. The number of hydrogen-bond acceptors (Lipinski definition) is 6. The quantitative estimate of drug-likeness (QED) is 0.607. The predicted molar refractivity (Wildman–Crippen MR) is 108 cm³/mol. The zero-order valence-electron chi connectivity index (χ0n) is 14.5. The molecule has 0 saturated carbocycles. The number of sulfonamides is 1. The molecule has 1 aromatic carbocycles. The average Bonchev–Trinajstić information content (AvgIpc) is 3.17. The van der Waals surface area contributed by atoms with E-state index in [1.54, 1.807) is 11.6 Å². The van der Waals surface area contributed by atoms with Crippen molar-refractivity contribution in [2.45, 2.75) is 30.2 Å². The summed E-state index contributed by atoms with van der Waals surface area (Å²) >= 11 is 7.39. The van der Waals surface area contributed by atoms with Gasteiger partial charge in [-0.05, 0) is 48.6 Å². The summed E-state index contributed by atoms with van der Waals surface area (Å²) < 4.78 is 41.8. The van der Waals surface area contributed by atoms with Crippen molar-refractivity contribution in [1.29, 1.82) is 0 Å². The Morgan fingerprint density at radius 3 is 2.93 bits per heavy atom. The van der Waals surface area contributed by atoms with Crippen molar-refractivity contribution in [3.8, 4) is 0 Å². The Kier molecular flexibility index (Phi) is 5.22. The molecule has 1 aliphatic rings. The minimum Gasteiger partial charge on any atom is -0.377 e. The van der Waals surface area contributed by atoms with E-state index in [-0.39, 0.29) is 16.2 Å². The summed E-state index contributed by atoms with van der Waals surface area (Å²) in [6.07, 6.45) is 7.80. The van der Waals surface area contributed by atoms with Crippen LogP contribution in [0.2, 0.25) is 5.02 Å². The van der Waals surface area contributed by atoms with Gasteiger partial charge >= 0.3 is 0 Å². The van der Waals surface area contributed by atoms with Crippen molar-refractivity contribution in [2.75, 3.05) is 10.0 Å². The molecular formula is C18H16ClFN4O2S2. The minimum atomic E-state index is -4.13. The highest BCUT2D eigenvalue weighted by atomic mass is 35.5. The van der Waals surface area contributed by atoms with E-state index in [1.165, 1.54) is 6.20 Å². The van der Waals surface area contributed by atoms with Crippen LogP contribution in [-0.2, 0) is 16.4 Å². The predicted octanol–water partition coefficient (Wildman–Crippen LogP) is 4.62. The topological polar surface area (TPSA) is 84.0 Å². The summed E-state index contributed by atoms with van der Waals surface area (Å²) in [5, 5.41) is 5.15. The van der Waals surface area contributed by atoms with Gasteiger partial charge in [-0.3, -0.25) is 9.71 Å². The van der Waals surface area contributed by atoms with Crippen LogP contribution in [0, 0.1) is 5.82 Å². The van der Waals surface area contributed by atoms with E-state index >= 15 is 0 Å². The van der Waals surface area contributed by atoms with Gasteiger partial charge in [0.15, 0.2) is 5.13 Å². The van der Waals surface area contributed by atoms with Crippen LogP contribution in [0.15, 0.2) is 47.1 Å². The molecule has 0 saturated heterocycles. The van der Waals surface area contributed by atoms with E-state index in [9.17, 15) is 12.8 Å². The standard InChI is InChI=1S/C18H16ClFN4O2S2/c19-13-8-17(28(25,26)24-18-22-6-7-27-18)14(20)9-16(13)23-15-3-1-2-11-10-21-5-4-12(11)15/h4-10,15,23H,1-3H2,(H,22,24). The molecule has 1 unspecified atom stereocenters. The van der Waals surface area contributed by atoms with E-state index in [4.69, 9.17) is 11.6 Å². The number of fused-ring (bicyclic) bond motifs is 1. The lowest BCUT2D eigenvalue weighted by atomic mass is 9.89. The molecule has 2 N–H and O–H groups in total. The fourth-order valence-corrected chi connectivity index (χ4v) is 5.42. The first kappa shape index (κ1) is 19.1. The second-order valence-corrected chi connectivity index (χ2v) is 9.32. The highest BCUT2D eigenvalue weighted by Gasteiger charge is 2.25. The van der Waals surface area contributed by atoms with Crippen molar-refractivity contribution in [3.05, 3.63) is 64.1 Å². The van der Waals surface area contributed by atoms with Gasteiger partial charge in [-0.2, -0.15) is 0 Å². The van der Waals surface area contributed by atoms with Crippen LogP contribution in [0.5, 0.6) is 0 Å². The number of aryl methyl sites for hydroxylation is 1. The zero-order valence-corrected chi connectivity index (χ0v) is 16.9. The van der Waals surface area contributed by atoms with Gasteiger partial charge in [0.05, 0.1) is 16.8 Å². The second kappa shape index (κ2) is 7.65. The number of rotatable bonds is 5. The Hall–Kier alpha value is -2.23. The van der Waals surface area contributed by atoms with Gasteiger partial charge < -0.3 is 5.32 Å². The largest absolute Gasteiger partial charge is 0.377 e. The van der Waals surface area contributed by atoms with Gasteiger partial charge in [0, 0.05) is 24.0 Å². The minimum absolute atomic E-state index is 0.0421. The summed E-state index contributed by atoms with van der Waals surface area (Å²) in [6, 6.07) is 4.13. The molecule has 0 amide bonds. The van der Waals surface area contributed by atoms with Crippen LogP contribution in [0.4, 0.5) is 15.2 Å². The smallest absolute Gasteiger partial charge is 0.266 e. The van der Waals surface area contributed by atoms with Crippen molar-refractivity contribution >= 4 is 43.8 Å². The fraction of sp³-hybridized carbons (Fsp3) is 0.222. The maximum Gasteiger partial charge on any atom is 0.266 e. The normalized spacial score (nSPS) is 16.4. The fourth-order valence-electron chi connectivity index (χ4n) is 3.27. The van der Waals surface area contributed by atoms with Crippen LogP contribution < -0.4 is 10.0 Å². The van der Waals surface area contributed by atoms with Gasteiger partial charge in [0.1, 0.15) is 10.7 Å². The van der Waals surface area contributed by atoms with Gasteiger partial charge in [-0.15, -0.1) is 11.3 Å². The lowest BCUT2D eigenvalue weighted by molar-refractivity contribution is 0.569. The zero-order chi connectivity index (χ0) is 19.7. The van der Waals surface area contributed by atoms with Gasteiger partial charge in [-0.25, -0.2) is 17.8 Å². The van der Waals surface area contributed by atoms with Gasteiger partial charge in [0.25, 0.3) is 10.0 Å². The van der Waals surface area contributed by atoms with E-state index in [0.29, 0.717) is 5.69 Å². The number of aromatic nitrogens is 2. The Bertz CT molecular complexity index is 1110. The highest BCUT2D eigenvalue weighted by molar-refractivity contribution is 7.93. The lowest BCUT2D eigenvalue weighted by Gasteiger charge is -2.27. The molecule has 0 fully saturated rings. The first-order chi connectivity index (χ1) is 13.4. The number of halogens is 2. The number of thiazole rings is 1. The van der Waals surface area contributed by atoms with Crippen LogP contribution in [0.25, 0.3) is 0 Å². The highest BCUT2D eigenvalue weighted by Crippen LogP contribution is 2.36. The number of pyridine rings is 1. The van der Waals surface area contributed by atoms with Crippen LogP contribution >= 0.6 is 22.9 Å². The molecule has 2 heterocycles. The second-order valence-electron chi connectivity index (χ2n) is 6.37. The Labute approximate surface area is 170 Å². The van der Waals surface area contributed by atoms with Crippen LogP contribution in [0.3, 0.4) is 0 Å². The Morgan fingerprint density at radius 2 is 2.14 bits per heavy atom. The van der Waals surface area contributed by atoms with E-state index < -0.39 is 20.7 Å². The van der Waals surface area contributed by atoms with Crippen molar-refractivity contribution in [2.24, 2.45) is 0 Å². The first-order valence-electron chi connectivity index (χ1n) is 8.55. The molecule has 0 bridgehead atoms.